The molecule has 0 aliphatic carbocycles. The van der Waals surface area contributed by atoms with Crippen molar-refractivity contribution in [2.75, 3.05) is 12.3 Å². The third kappa shape index (κ3) is 3.22. The van der Waals surface area contributed by atoms with Crippen LogP contribution in [-0.2, 0) is 15.7 Å². The van der Waals surface area contributed by atoms with E-state index in [-0.39, 0.29) is 11.2 Å². The van der Waals surface area contributed by atoms with Crippen molar-refractivity contribution in [1.29, 1.82) is 0 Å². The van der Waals surface area contributed by atoms with Crippen LogP contribution >= 0.6 is 0 Å². The molecule has 1 aliphatic rings. The van der Waals surface area contributed by atoms with Gasteiger partial charge in [0.1, 0.15) is 0 Å². The Bertz CT molecular complexity index is 566. The van der Waals surface area contributed by atoms with Crippen LogP contribution in [0.5, 0.6) is 0 Å². The second kappa shape index (κ2) is 6.07. The minimum absolute atomic E-state index is 0.360. The summed E-state index contributed by atoms with van der Waals surface area (Å²) in [4.78, 5) is 0. The van der Waals surface area contributed by atoms with E-state index in [1.165, 1.54) is 0 Å². The van der Waals surface area contributed by atoms with Gasteiger partial charge in [0, 0.05) is 12.2 Å². The molecule has 0 radical (unpaired) electrons. The number of benzene rings is 1. The van der Waals surface area contributed by atoms with E-state index in [0.717, 1.165) is 28.7 Å². The van der Waals surface area contributed by atoms with E-state index in [1.54, 1.807) is 0 Å². The van der Waals surface area contributed by atoms with Crippen LogP contribution in [0.1, 0.15) is 45.7 Å². The van der Waals surface area contributed by atoms with Crippen molar-refractivity contribution in [1.82, 2.24) is 0 Å². The molecule has 1 saturated heterocycles. The highest BCUT2D eigenvalue weighted by atomic mass is 16.7. The van der Waals surface area contributed by atoms with Gasteiger partial charge in [0.25, 0.3) is 0 Å². The lowest BCUT2D eigenvalue weighted by Gasteiger charge is -2.32. The Hall–Kier alpha value is -1.30. The molecule has 1 fully saturated rings. The van der Waals surface area contributed by atoms with Crippen LogP contribution in [-0.4, -0.2) is 24.9 Å². The van der Waals surface area contributed by atoms with Gasteiger partial charge in [-0.15, -0.1) is 0 Å². The summed E-state index contributed by atoms with van der Waals surface area (Å²) >= 11 is 0. The Morgan fingerprint density at radius 1 is 1.18 bits per heavy atom. The lowest BCUT2D eigenvalue weighted by atomic mass is 9.77. The standard InChI is InChI=1S/C17H27BN2O2/c1-6-13-9-12(7-8-15(13)20)10-14(11-19)18-21-16(2,3)17(4,5)22-18/h7-10H,6,11,19-20H2,1-5H3. The third-order valence-corrected chi connectivity index (χ3v) is 4.69. The molecule has 22 heavy (non-hydrogen) atoms. The Kier molecular flexibility index (Phi) is 4.71. The maximum atomic E-state index is 6.07. The smallest absolute Gasteiger partial charge is 0.400 e. The molecule has 1 aromatic rings. The van der Waals surface area contributed by atoms with Gasteiger partial charge in [-0.25, -0.2) is 0 Å². The van der Waals surface area contributed by atoms with Crippen molar-refractivity contribution in [2.24, 2.45) is 5.73 Å². The van der Waals surface area contributed by atoms with Crippen molar-refractivity contribution in [3.05, 3.63) is 34.8 Å². The molecule has 4 nitrogen and oxygen atoms in total. The van der Waals surface area contributed by atoms with Crippen LogP contribution in [0.15, 0.2) is 23.7 Å². The molecule has 1 heterocycles. The van der Waals surface area contributed by atoms with Crippen molar-refractivity contribution in [3.8, 4) is 0 Å². The average molecular weight is 302 g/mol. The van der Waals surface area contributed by atoms with Gasteiger partial charge in [0.15, 0.2) is 0 Å². The average Bonchev–Trinajstić information content (AvgIpc) is 2.66. The number of aryl methyl sites for hydroxylation is 1. The predicted molar refractivity (Wildman–Crippen MR) is 93.3 cm³/mol. The van der Waals surface area contributed by atoms with Crippen molar-refractivity contribution < 1.29 is 9.31 Å². The lowest BCUT2D eigenvalue weighted by Crippen LogP contribution is -2.41. The molecule has 0 aromatic heterocycles. The molecule has 0 spiro atoms. The van der Waals surface area contributed by atoms with Gasteiger partial charge in [-0.2, -0.15) is 0 Å². The number of anilines is 1. The molecule has 0 saturated carbocycles. The summed E-state index contributed by atoms with van der Waals surface area (Å²) in [6.07, 6.45) is 2.95. The summed E-state index contributed by atoms with van der Waals surface area (Å²) < 4.78 is 12.1. The van der Waals surface area contributed by atoms with E-state index in [2.05, 4.69) is 13.0 Å². The van der Waals surface area contributed by atoms with Gasteiger partial charge in [-0.1, -0.05) is 19.1 Å². The number of hydrogen-bond acceptors (Lipinski definition) is 4. The first-order valence-electron chi connectivity index (χ1n) is 7.84. The monoisotopic (exact) mass is 302 g/mol. The fourth-order valence-electron chi connectivity index (χ4n) is 2.45. The summed E-state index contributed by atoms with van der Waals surface area (Å²) in [6, 6.07) is 6.02. The van der Waals surface area contributed by atoms with Crippen LogP contribution in [0.3, 0.4) is 0 Å². The van der Waals surface area contributed by atoms with Crippen LogP contribution in [0.4, 0.5) is 5.69 Å². The third-order valence-electron chi connectivity index (χ3n) is 4.69. The SMILES string of the molecule is CCc1cc(C=C(CN)B2OC(C)(C)C(C)(C)O2)ccc1N. The summed E-state index contributed by atoms with van der Waals surface area (Å²) in [6.45, 7) is 10.7. The first-order chi connectivity index (χ1) is 10.2. The molecular weight excluding hydrogens is 275 g/mol. The number of rotatable bonds is 4. The highest BCUT2D eigenvalue weighted by Crippen LogP contribution is 2.38. The van der Waals surface area contributed by atoms with E-state index >= 15 is 0 Å². The van der Waals surface area contributed by atoms with Crippen molar-refractivity contribution in [2.45, 2.75) is 52.2 Å². The summed E-state index contributed by atoms with van der Waals surface area (Å²) in [5.74, 6) is 0. The van der Waals surface area contributed by atoms with E-state index in [4.69, 9.17) is 20.8 Å². The van der Waals surface area contributed by atoms with Gasteiger partial charge in [-0.05, 0) is 62.8 Å². The molecule has 0 bridgehead atoms. The van der Waals surface area contributed by atoms with Gasteiger partial charge in [0.2, 0.25) is 0 Å². The number of nitrogens with two attached hydrogens (primary N) is 2. The quantitative estimate of drug-likeness (QED) is 0.663. The molecule has 4 N–H and O–H groups in total. The van der Waals surface area contributed by atoms with E-state index in [9.17, 15) is 0 Å². The minimum Gasteiger partial charge on any atom is -0.400 e. The molecule has 0 atom stereocenters. The molecule has 120 valence electrons. The highest BCUT2D eigenvalue weighted by molar-refractivity contribution is 6.55. The number of nitrogen functional groups attached to an aromatic ring is 1. The van der Waals surface area contributed by atoms with Crippen LogP contribution in [0.2, 0.25) is 0 Å². The molecule has 0 amide bonds. The van der Waals surface area contributed by atoms with E-state index < -0.39 is 7.12 Å². The fourth-order valence-corrected chi connectivity index (χ4v) is 2.45. The van der Waals surface area contributed by atoms with Gasteiger partial charge in [-0.3, -0.25) is 0 Å². The lowest BCUT2D eigenvalue weighted by molar-refractivity contribution is 0.00578. The molecule has 1 aromatic carbocycles. The molecule has 2 rings (SSSR count). The largest absolute Gasteiger partial charge is 0.491 e. The van der Waals surface area contributed by atoms with E-state index in [1.807, 2.05) is 45.9 Å². The van der Waals surface area contributed by atoms with Crippen molar-refractivity contribution in [3.63, 3.8) is 0 Å². The van der Waals surface area contributed by atoms with Crippen molar-refractivity contribution >= 4 is 18.9 Å². The highest BCUT2D eigenvalue weighted by Gasteiger charge is 2.52. The molecular formula is C17H27BN2O2. The topological polar surface area (TPSA) is 70.5 Å². The van der Waals surface area contributed by atoms with Gasteiger partial charge in [0.05, 0.1) is 11.2 Å². The second-order valence-electron chi connectivity index (χ2n) is 6.82. The number of hydrogen-bond donors (Lipinski definition) is 2. The summed E-state index contributed by atoms with van der Waals surface area (Å²) in [7, 11) is -0.405. The zero-order chi connectivity index (χ0) is 16.5. The maximum absolute atomic E-state index is 6.07. The van der Waals surface area contributed by atoms with Gasteiger partial charge >= 0.3 is 7.12 Å². The minimum atomic E-state index is -0.405. The summed E-state index contributed by atoms with van der Waals surface area (Å²) in [5.41, 5.74) is 15.1. The predicted octanol–water partition coefficient (Wildman–Crippen LogP) is 2.80. The zero-order valence-electron chi connectivity index (χ0n) is 14.3. The van der Waals surface area contributed by atoms with Crippen LogP contribution in [0, 0.1) is 0 Å². The van der Waals surface area contributed by atoms with Crippen LogP contribution < -0.4 is 11.5 Å². The summed E-state index contributed by atoms with van der Waals surface area (Å²) in [5, 5.41) is 0. The maximum Gasteiger partial charge on any atom is 0.491 e. The fraction of sp³-hybridized carbons (Fsp3) is 0.529. The molecule has 1 aliphatic heterocycles. The first kappa shape index (κ1) is 17.1. The Morgan fingerprint density at radius 2 is 1.77 bits per heavy atom. The zero-order valence-corrected chi connectivity index (χ0v) is 14.3. The first-order valence-corrected chi connectivity index (χ1v) is 7.84. The normalized spacial score (nSPS) is 20.5. The van der Waals surface area contributed by atoms with Gasteiger partial charge < -0.3 is 20.8 Å². The molecule has 5 heteroatoms. The molecule has 0 unspecified atom stereocenters. The Balaban J connectivity index is 2.29. The van der Waals surface area contributed by atoms with E-state index in [0.29, 0.717) is 6.54 Å². The Morgan fingerprint density at radius 3 is 2.27 bits per heavy atom. The van der Waals surface area contributed by atoms with Crippen LogP contribution in [0.25, 0.3) is 6.08 Å². The Labute approximate surface area is 134 Å². The second-order valence-corrected chi connectivity index (χ2v) is 6.82.